The van der Waals surface area contributed by atoms with Crippen molar-refractivity contribution in [3.05, 3.63) is 34.9 Å². The number of carbonyl (C=O) groups is 1. The Hall–Kier alpha value is -1.20. The largest absolute Gasteiger partial charge is 0.383 e. The van der Waals surface area contributed by atoms with Gasteiger partial charge in [-0.05, 0) is 30.0 Å². The van der Waals surface area contributed by atoms with E-state index in [4.69, 9.17) is 16.3 Å². The van der Waals surface area contributed by atoms with Crippen LogP contribution >= 0.6 is 11.6 Å². The Morgan fingerprint density at radius 3 is 2.67 bits per heavy atom. The van der Waals surface area contributed by atoms with Crippen LogP contribution in [0.2, 0.25) is 5.02 Å². The van der Waals surface area contributed by atoms with Crippen molar-refractivity contribution in [3.8, 4) is 0 Å². The maximum atomic E-state index is 12.6. The zero-order valence-corrected chi connectivity index (χ0v) is 12.5. The van der Waals surface area contributed by atoms with Crippen LogP contribution in [-0.2, 0) is 9.53 Å². The summed E-state index contributed by atoms with van der Waals surface area (Å²) >= 11 is 5.83. The predicted molar refractivity (Wildman–Crippen MR) is 76.8 cm³/mol. The fraction of sp³-hybridized carbons (Fsp3) is 0.533. The molecule has 0 N–H and O–H groups in total. The third-order valence-corrected chi connectivity index (χ3v) is 3.89. The molecule has 0 radical (unpaired) electrons. The molecule has 3 nitrogen and oxygen atoms in total. The number of hydrogen-bond donors (Lipinski definition) is 0. The fourth-order valence-electron chi connectivity index (χ4n) is 2.44. The van der Waals surface area contributed by atoms with E-state index in [0.29, 0.717) is 11.4 Å². The molecule has 2 atom stereocenters. The first-order valence-electron chi connectivity index (χ1n) is 6.84. The van der Waals surface area contributed by atoms with E-state index in [1.165, 1.54) is 12.0 Å². The van der Waals surface area contributed by atoms with Crippen molar-refractivity contribution in [1.82, 2.24) is 4.90 Å². The number of methoxy groups -OCH3 is 1. The summed E-state index contributed by atoms with van der Waals surface area (Å²) in [5, 5.41) is 0.640. The zero-order chi connectivity index (χ0) is 15.4. The number of rotatable bonds is 7. The first kappa shape index (κ1) is 16.2. The van der Waals surface area contributed by atoms with Crippen molar-refractivity contribution in [3.63, 3.8) is 0 Å². The lowest BCUT2D eigenvalue weighted by Gasteiger charge is -2.22. The number of alkyl halides is 2. The molecule has 0 bridgehead atoms. The maximum Gasteiger partial charge on any atom is 0.255 e. The van der Waals surface area contributed by atoms with Crippen molar-refractivity contribution >= 4 is 17.5 Å². The van der Waals surface area contributed by atoms with E-state index in [9.17, 15) is 13.6 Å². The standard InChI is InChI=1S/C15H18ClF2NO2/c1-21-7-6-19(9-14(17)18)15(20)13-8-12(13)10-2-4-11(16)5-3-10/h2-5,12-14H,6-9H2,1H3/t12-,13+/m0/s1. The van der Waals surface area contributed by atoms with Crippen molar-refractivity contribution < 1.29 is 18.3 Å². The molecule has 116 valence electrons. The normalized spacial score (nSPS) is 20.6. The molecule has 0 unspecified atom stereocenters. The Kier molecular flexibility index (Phi) is 5.53. The van der Waals surface area contributed by atoms with Gasteiger partial charge in [0.15, 0.2) is 0 Å². The van der Waals surface area contributed by atoms with Crippen molar-refractivity contribution in [1.29, 1.82) is 0 Å². The van der Waals surface area contributed by atoms with Gasteiger partial charge in [0.25, 0.3) is 6.43 Å². The number of halogens is 3. The summed E-state index contributed by atoms with van der Waals surface area (Å²) in [6, 6.07) is 7.32. The summed E-state index contributed by atoms with van der Waals surface area (Å²) in [4.78, 5) is 13.5. The third kappa shape index (κ3) is 4.38. The highest BCUT2D eigenvalue weighted by molar-refractivity contribution is 6.30. The van der Waals surface area contributed by atoms with E-state index >= 15 is 0 Å². The Morgan fingerprint density at radius 2 is 2.10 bits per heavy atom. The Morgan fingerprint density at radius 1 is 1.43 bits per heavy atom. The van der Waals surface area contributed by atoms with Gasteiger partial charge in [0, 0.05) is 24.6 Å². The Bertz CT molecular complexity index is 481. The van der Waals surface area contributed by atoms with Gasteiger partial charge in [-0.15, -0.1) is 0 Å². The molecule has 1 fully saturated rings. The lowest BCUT2D eigenvalue weighted by atomic mass is 10.1. The summed E-state index contributed by atoms with van der Waals surface area (Å²) in [5.41, 5.74) is 1.03. The van der Waals surface area contributed by atoms with Crippen LogP contribution in [-0.4, -0.2) is 44.0 Å². The second-order valence-electron chi connectivity index (χ2n) is 5.17. The van der Waals surface area contributed by atoms with Crippen molar-refractivity contribution in [2.24, 2.45) is 5.92 Å². The van der Waals surface area contributed by atoms with Crippen molar-refractivity contribution in [2.45, 2.75) is 18.8 Å². The van der Waals surface area contributed by atoms with Crippen LogP contribution in [0.5, 0.6) is 0 Å². The molecule has 0 saturated heterocycles. The second-order valence-corrected chi connectivity index (χ2v) is 5.60. The molecule has 1 amide bonds. The highest BCUT2D eigenvalue weighted by Gasteiger charge is 2.45. The van der Waals surface area contributed by atoms with Crippen molar-refractivity contribution in [2.75, 3.05) is 26.8 Å². The van der Waals surface area contributed by atoms with Crippen LogP contribution in [0.1, 0.15) is 17.9 Å². The van der Waals surface area contributed by atoms with Gasteiger partial charge in [0.1, 0.15) is 0 Å². The van der Waals surface area contributed by atoms with Crippen LogP contribution in [0.15, 0.2) is 24.3 Å². The minimum atomic E-state index is -2.53. The number of amides is 1. The number of carbonyl (C=O) groups excluding carboxylic acids is 1. The van der Waals surface area contributed by atoms with Gasteiger partial charge in [-0.3, -0.25) is 4.79 Å². The molecule has 0 heterocycles. The third-order valence-electron chi connectivity index (χ3n) is 3.64. The molecule has 1 saturated carbocycles. The molecule has 2 rings (SSSR count). The number of nitrogens with zero attached hydrogens (tertiary/aromatic N) is 1. The van der Waals surface area contributed by atoms with Gasteiger partial charge in [-0.1, -0.05) is 23.7 Å². The van der Waals surface area contributed by atoms with E-state index in [-0.39, 0.29) is 30.9 Å². The van der Waals surface area contributed by atoms with E-state index in [0.717, 1.165) is 5.56 Å². The highest BCUT2D eigenvalue weighted by atomic mass is 35.5. The van der Waals surface area contributed by atoms with Crippen LogP contribution < -0.4 is 0 Å². The average Bonchev–Trinajstić information content (AvgIpc) is 3.23. The average molecular weight is 318 g/mol. The molecule has 0 aliphatic heterocycles. The predicted octanol–water partition coefficient (Wildman–Crippen LogP) is 3.18. The van der Waals surface area contributed by atoms with E-state index < -0.39 is 13.0 Å². The number of benzene rings is 1. The smallest absolute Gasteiger partial charge is 0.255 e. The topological polar surface area (TPSA) is 29.5 Å². The summed E-state index contributed by atoms with van der Waals surface area (Å²) in [7, 11) is 1.48. The lowest BCUT2D eigenvalue weighted by Crippen LogP contribution is -2.38. The molecule has 6 heteroatoms. The quantitative estimate of drug-likeness (QED) is 0.773. The maximum absolute atomic E-state index is 12.6. The summed E-state index contributed by atoms with van der Waals surface area (Å²) in [6.45, 7) is -0.0770. The molecule has 0 spiro atoms. The van der Waals surface area contributed by atoms with Crippen LogP contribution in [0, 0.1) is 5.92 Å². The number of hydrogen-bond acceptors (Lipinski definition) is 2. The molecular formula is C15H18ClF2NO2. The molecule has 1 aliphatic carbocycles. The minimum absolute atomic E-state index is 0.109. The zero-order valence-electron chi connectivity index (χ0n) is 11.8. The first-order valence-corrected chi connectivity index (χ1v) is 7.22. The second kappa shape index (κ2) is 7.18. The van der Waals surface area contributed by atoms with E-state index in [1.807, 2.05) is 12.1 Å². The first-order chi connectivity index (χ1) is 10.0. The molecule has 1 aliphatic rings. The summed E-state index contributed by atoms with van der Waals surface area (Å²) in [5.74, 6) is -0.313. The summed E-state index contributed by atoms with van der Waals surface area (Å²) in [6.07, 6.45) is -1.83. The van der Waals surface area contributed by atoms with Gasteiger partial charge >= 0.3 is 0 Å². The molecule has 1 aromatic rings. The highest BCUT2D eigenvalue weighted by Crippen LogP contribution is 2.48. The fourth-order valence-corrected chi connectivity index (χ4v) is 2.57. The molecule has 0 aromatic heterocycles. The van der Waals surface area contributed by atoms with E-state index in [2.05, 4.69) is 0 Å². The minimum Gasteiger partial charge on any atom is -0.383 e. The SMILES string of the molecule is COCCN(CC(F)F)C(=O)[C@@H]1C[C@H]1c1ccc(Cl)cc1. The van der Waals surface area contributed by atoms with Gasteiger partial charge in [-0.2, -0.15) is 0 Å². The molecular weight excluding hydrogens is 300 g/mol. The lowest BCUT2D eigenvalue weighted by molar-refractivity contribution is -0.135. The van der Waals surface area contributed by atoms with Gasteiger partial charge in [0.05, 0.1) is 13.2 Å². The van der Waals surface area contributed by atoms with Gasteiger partial charge < -0.3 is 9.64 Å². The van der Waals surface area contributed by atoms with Gasteiger partial charge in [0.2, 0.25) is 5.91 Å². The van der Waals surface area contributed by atoms with Gasteiger partial charge in [-0.25, -0.2) is 8.78 Å². The summed E-state index contributed by atoms with van der Waals surface area (Å²) < 4.78 is 30.0. The van der Waals surface area contributed by atoms with Crippen LogP contribution in [0.4, 0.5) is 8.78 Å². The Labute approximate surface area is 127 Å². The Balaban J connectivity index is 1.97. The molecule has 21 heavy (non-hydrogen) atoms. The monoisotopic (exact) mass is 317 g/mol. The number of ether oxygens (including phenoxy) is 1. The molecule has 1 aromatic carbocycles. The van der Waals surface area contributed by atoms with E-state index in [1.54, 1.807) is 12.1 Å². The van der Waals surface area contributed by atoms with Crippen LogP contribution in [0.25, 0.3) is 0 Å². The van der Waals surface area contributed by atoms with Crippen LogP contribution in [0.3, 0.4) is 0 Å².